The van der Waals surface area contributed by atoms with E-state index in [4.69, 9.17) is 39.9 Å². The van der Waals surface area contributed by atoms with Gasteiger partial charge in [0, 0.05) is 113 Å². The lowest BCUT2D eigenvalue weighted by atomic mass is 9.91. The van der Waals surface area contributed by atoms with Crippen molar-refractivity contribution in [1.29, 1.82) is 0 Å². The van der Waals surface area contributed by atoms with Crippen LogP contribution in [0.4, 0.5) is 0 Å². The maximum atomic E-state index is 5.20. The first-order valence-electron chi connectivity index (χ1n) is 45.6. The van der Waals surface area contributed by atoms with E-state index in [0.29, 0.717) is 41.0 Å². The Morgan fingerprint density at radius 1 is 0.156 bits per heavy atom. The number of fused-ring (bicyclic) bond motifs is 21. The zero-order valence-corrected chi connectivity index (χ0v) is 72.9. The molecule has 0 spiro atoms. The lowest BCUT2D eigenvalue weighted by Crippen LogP contribution is -2.05. The number of rotatable bonds is 10. The topological polar surface area (TPSA) is 118 Å². The van der Waals surface area contributed by atoms with Gasteiger partial charge in [0.15, 0.2) is 29.1 Å². The van der Waals surface area contributed by atoms with E-state index in [1.165, 1.54) is 149 Å². The van der Waals surface area contributed by atoms with E-state index in [9.17, 15) is 0 Å². The fourth-order valence-corrected chi connectivity index (χ4v) is 20.5. The second-order valence-corrected chi connectivity index (χ2v) is 34.4. The number of aromatic nitrogens is 11. The van der Waals surface area contributed by atoms with E-state index in [-0.39, 0.29) is 0 Å². The van der Waals surface area contributed by atoms with E-state index in [0.717, 1.165) is 72.6 Å². The van der Waals surface area contributed by atoms with E-state index in [1.807, 2.05) is 133 Å². The third kappa shape index (κ3) is 13.3. The molecule has 6 heterocycles. The van der Waals surface area contributed by atoms with Crippen LogP contribution in [0.3, 0.4) is 0 Å². The minimum absolute atomic E-state index is 0.594. The van der Waals surface area contributed by atoms with Crippen LogP contribution in [0, 0.1) is 0 Å². The molecule has 0 fully saturated rings. The van der Waals surface area contributed by atoms with Gasteiger partial charge >= 0.3 is 0 Å². The summed E-state index contributed by atoms with van der Waals surface area (Å²) < 4.78 is 6.70. The predicted molar refractivity (Wildman–Crippen MR) is 552 cm³/mol. The zero-order valence-electron chi connectivity index (χ0n) is 72.9. The molecule has 0 radical (unpaired) electrons. The molecule has 25 aromatic rings. The third-order valence-electron chi connectivity index (χ3n) is 26.6. The smallest absolute Gasteiger partial charge is 0.238 e. The van der Waals surface area contributed by atoms with Crippen LogP contribution < -0.4 is 0 Å². The lowest BCUT2D eigenvalue weighted by molar-refractivity contribution is 0.934. The molecule has 3 aliphatic rings. The summed E-state index contributed by atoms with van der Waals surface area (Å²) in [4.78, 5) is 40.5. The van der Waals surface area contributed by atoms with Gasteiger partial charge in [-0.15, -0.1) is 0 Å². The van der Waals surface area contributed by atoms with Crippen LogP contribution in [0.25, 0.3) is 262 Å². The molecule has 11 heteroatoms. The van der Waals surface area contributed by atoms with E-state index < -0.39 is 0 Å². The second kappa shape index (κ2) is 32.4. The highest BCUT2D eigenvalue weighted by atomic mass is 15.2. The quantitative estimate of drug-likeness (QED) is 0.133. The SMILES string of the molecule is c1ccc(-c2cc(-c3ccccc3)nc(-n3cc4c5c(c6ccccc6cc53)-c3ccccc3-c3ccccc3-4)n2)cc1.c1ccc(-c2nc(-c3ccccc3)nc(-c3cccc(-n4cc5c6c(c7ccccc7cc64)-c4ccccc4-c4ccccc4-5)c3)n2)cc1.c1ccc(-c2nc(-c3ccccc3)nc(-n3cc4c5c(c6ccccc6cc53)-c3ccccc3-c3ccccc3-4)n2)cc1. The standard InChI is InChI=1S/C45H28N4.C40H25N3.C39H24N4/c1-3-14-29(15-4-1)43-46-44(30-16-5-2-6-17-30)48-45(47-43)32-19-13-20-33(26-32)49-28-39-37-24-10-9-22-35(37)36-23-11-12-25-38(36)41-34-21-8-7-18-31(34)27-40(49)42(39)41;1-3-13-26(14-4-1)35-24-36(27-15-5-2-6-16-27)42-40(41-35)43-25-34-32-21-10-9-19-30(32)31-20-11-12-22-33(31)38-29-18-8-7-17-28(29)23-37(43)39(34)38;1-3-13-25(14-4-1)37-40-38(26-15-5-2-6-16-26)42-39(41-37)43-24-33-31-21-10-9-19-29(31)30-20-11-12-22-32(30)35-28-18-8-7-17-27(28)23-34(43)36(33)35/h1-28H;1-25H;1-24H. The van der Waals surface area contributed by atoms with Gasteiger partial charge in [-0.05, 0) is 135 Å². The summed E-state index contributed by atoms with van der Waals surface area (Å²) in [6.45, 7) is 0. The van der Waals surface area contributed by atoms with Crippen LogP contribution in [0.5, 0.6) is 0 Å². The first kappa shape index (κ1) is 77.8. The fourth-order valence-electron chi connectivity index (χ4n) is 20.5. The van der Waals surface area contributed by atoms with Crippen molar-refractivity contribution in [1.82, 2.24) is 53.6 Å². The maximum absolute atomic E-state index is 5.20. The average Bonchev–Trinajstić information content (AvgIpc) is 1.63. The Labute approximate surface area is 778 Å². The molecule has 19 aromatic carbocycles. The van der Waals surface area contributed by atoms with Crippen LogP contribution in [0.2, 0.25) is 0 Å². The molecule has 28 rings (SSSR count). The van der Waals surface area contributed by atoms with Crippen LogP contribution in [0.1, 0.15) is 0 Å². The van der Waals surface area contributed by atoms with Crippen LogP contribution in [-0.2, 0) is 0 Å². The minimum atomic E-state index is 0.594. The molecule has 0 bridgehead atoms. The van der Waals surface area contributed by atoms with E-state index >= 15 is 0 Å². The average molecular weight is 1720 g/mol. The van der Waals surface area contributed by atoms with Gasteiger partial charge < -0.3 is 4.57 Å². The Balaban J connectivity index is 0.000000106. The van der Waals surface area contributed by atoms with Gasteiger partial charge in [-0.3, -0.25) is 9.13 Å². The van der Waals surface area contributed by atoms with Gasteiger partial charge in [0.05, 0.1) is 27.9 Å². The molecular weight excluding hydrogens is 1640 g/mol. The maximum Gasteiger partial charge on any atom is 0.238 e. The van der Waals surface area contributed by atoms with E-state index in [2.05, 4.69) is 348 Å². The summed E-state index contributed by atoms with van der Waals surface area (Å²) >= 11 is 0. The molecule has 3 aliphatic carbocycles. The molecular formula is C124H77N11. The zero-order chi connectivity index (χ0) is 89.0. The predicted octanol–water partition coefficient (Wildman–Crippen LogP) is 31.1. The molecule has 0 unspecified atom stereocenters. The van der Waals surface area contributed by atoms with E-state index in [1.54, 1.807) is 0 Å². The van der Waals surface area contributed by atoms with Crippen molar-refractivity contribution < 1.29 is 0 Å². The summed E-state index contributed by atoms with van der Waals surface area (Å²) in [6, 6.07) is 158. The van der Waals surface area contributed by atoms with Crippen molar-refractivity contribution in [2.24, 2.45) is 0 Å². The van der Waals surface area contributed by atoms with Crippen molar-refractivity contribution in [2.45, 2.75) is 0 Å². The Kier molecular flexibility index (Phi) is 18.7. The van der Waals surface area contributed by atoms with Gasteiger partial charge in [0.1, 0.15) is 0 Å². The summed E-state index contributed by atoms with van der Waals surface area (Å²) in [5.74, 6) is 4.48. The van der Waals surface area contributed by atoms with Crippen molar-refractivity contribution in [3.63, 3.8) is 0 Å². The van der Waals surface area contributed by atoms with Crippen molar-refractivity contribution in [3.05, 3.63) is 468 Å². The highest BCUT2D eigenvalue weighted by Crippen LogP contribution is 2.56. The number of hydrogen-bond acceptors (Lipinski definition) is 8. The van der Waals surface area contributed by atoms with Crippen LogP contribution in [-0.4, -0.2) is 53.6 Å². The minimum Gasteiger partial charge on any atom is -0.316 e. The monoisotopic (exact) mass is 1720 g/mol. The van der Waals surface area contributed by atoms with Gasteiger partial charge in [-0.2, -0.15) is 9.97 Å². The molecule has 6 aromatic heterocycles. The van der Waals surface area contributed by atoms with Gasteiger partial charge in [0.2, 0.25) is 11.9 Å². The van der Waals surface area contributed by atoms with Crippen LogP contribution >= 0.6 is 0 Å². The summed E-state index contributed by atoms with van der Waals surface area (Å²) in [5.41, 5.74) is 35.3. The Morgan fingerprint density at radius 2 is 0.393 bits per heavy atom. The highest BCUT2D eigenvalue weighted by molar-refractivity contribution is 6.25. The first-order valence-corrected chi connectivity index (χ1v) is 45.6. The van der Waals surface area contributed by atoms with Crippen molar-refractivity contribution >= 4 is 65.0 Å². The normalized spacial score (nSPS) is 11.7. The Bertz CT molecular complexity index is 8530. The molecule has 11 nitrogen and oxygen atoms in total. The molecule has 0 saturated heterocycles. The Hall–Kier alpha value is -18.3. The number of hydrogen-bond donors (Lipinski definition) is 0. The molecule has 0 N–H and O–H groups in total. The molecule has 0 amide bonds. The highest BCUT2D eigenvalue weighted by Gasteiger charge is 2.32. The molecule has 628 valence electrons. The Morgan fingerprint density at radius 3 is 0.726 bits per heavy atom. The number of benzene rings is 19. The lowest BCUT2D eigenvalue weighted by Gasteiger charge is -2.15. The largest absolute Gasteiger partial charge is 0.316 e. The molecule has 135 heavy (non-hydrogen) atoms. The van der Waals surface area contributed by atoms with Gasteiger partial charge in [0.25, 0.3) is 0 Å². The summed E-state index contributed by atoms with van der Waals surface area (Å²) in [6.07, 6.45) is 6.78. The first-order chi connectivity index (χ1) is 67.0. The van der Waals surface area contributed by atoms with Crippen molar-refractivity contribution in [3.8, 4) is 197 Å². The molecule has 0 aliphatic heterocycles. The van der Waals surface area contributed by atoms with Crippen LogP contribution in [0.15, 0.2) is 468 Å². The fraction of sp³-hybridized carbons (Fsp3) is 0. The van der Waals surface area contributed by atoms with Gasteiger partial charge in [-0.25, -0.2) is 29.9 Å². The molecule has 0 saturated carbocycles. The summed E-state index contributed by atoms with van der Waals surface area (Å²) in [7, 11) is 0. The van der Waals surface area contributed by atoms with Crippen molar-refractivity contribution in [2.75, 3.05) is 0 Å². The summed E-state index contributed by atoms with van der Waals surface area (Å²) in [5, 5.41) is 11.0. The molecule has 0 atom stereocenters. The number of nitrogens with zero attached hydrogens (tertiary/aromatic N) is 11. The van der Waals surface area contributed by atoms with Gasteiger partial charge in [-0.1, -0.05) is 413 Å². The second-order valence-electron chi connectivity index (χ2n) is 34.4. The third-order valence-corrected chi connectivity index (χ3v) is 26.6.